The Morgan fingerprint density at radius 2 is 1.50 bits per heavy atom. The largest absolute Gasteiger partial charge is 0.377 e. The molecule has 1 aromatic carbocycles. The average molecular weight is 273 g/mol. The van der Waals surface area contributed by atoms with Crippen LogP contribution >= 0.6 is 0 Å². The van der Waals surface area contributed by atoms with E-state index in [1.807, 2.05) is 24.3 Å². The molecule has 0 aliphatic heterocycles. The van der Waals surface area contributed by atoms with Gasteiger partial charge in [-0.1, -0.05) is 64.0 Å². The highest BCUT2D eigenvalue weighted by Gasteiger charge is 1.95. The van der Waals surface area contributed by atoms with Crippen molar-refractivity contribution in [2.75, 3.05) is 6.61 Å². The van der Waals surface area contributed by atoms with Crippen molar-refractivity contribution >= 4 is 0 Å². The highest BCUT2D eigenvalue weighted by atomic mass is 16.5. The van der Waals surface area contributed by atoms with Gasteiger partial charge in [0, 0.05) is 6.61 Å². The predicted molar refractivity (Wildman–Crippen MR) is 83.4 cm³/mol. The van der Waals surface area contributed by atoms with Crippen LogP contribution in [0.2, 0.25) is 0 Å². The molecule has 0 unspecified atom stereocenters. The molecule has 2 nitrogen and oxygen atoms in total. The number of hydrogen-bond acceptors (Lipinski definition) is 2. The molecule has 0 aliphatic rings. The Kier molecular flexibility index (Phi) is 9.61. The molecule has 0 N–H and O–H groups in total. The number of ether oxygens (including phenoxy) is 1. The molecule has 0 spiro atoms. The maximum Gasteiger partial charge on any atom is 0.0991 e. The Hall–Kier alpha value is -1.33. The summed E-state index contributed by atoms with van der Waals surface area (Å²) in [5, 5.41) is 8.71. The maximum atomic E-state index is 8.71. The summed E-state index contributed by atoms with van der Waals surface area (Å²) >= 11 is 0. The molecule has 110 valence electrons. The van der Waals surface area contributed by atoms with Crippen LogP contribution < -0.4 is 0 Å². The van der Waals surface area contributed by atoms with Crippen molar-refractivity contribution < 1.29 is 4.74 Å². The zero-order chi connectivity index (χ0) is 14.5. The fourth-order valence-electron chi connectivity index (χ4n) is 2.20. The molecule has 20 heavy (non-hydrogen) atoms. The van der Waals surface area contributed by atoms with Gasteiger partial charge in [0.25, 0.3) is 0 Å². The van der Waals surface area contributed by atoms with E-state index >= 15 is 0 Å². The molecular formula is C18H27NO. The second kappa shape index (κ2) is 11.5. The van der Waals surface area contributed by atoms with E-state index in [0.717, 1.165) is 18.6 Å². The lowest BCUT2D eigenvalue weighted by Gasteiger charge is -2.05. The van der Waals surface area contributed by atoms with Crippen molar-refractivity contribution in [3.63, 3.8) is 0 Å². The lowest BCUT2D eigenvalue weighted by atomic mass is 10.1. The van der Waals surface area contributed by atoms with E-state index in [2.05, 4.69) is 13.0 Å². The second-order valence-electron chi connectivity index (χ2n) is 5.34. The summed E-state index contributed by atoms with van der Waals surface area (Å²) in [6.45, 7) is 3.75. The van der Waals surface area contributed by atoms with Crippen molar-refractivity contribution in [3.8, 4) is 6.07 Å². The van der Waals surface area contributed by atoms with E-state index in [9.17, 15) is 0 Å². The molecule has 1 aromatic rings. The van der Waals surface area contributed by atoms with Crippen LogP contribution in [0.3, 0.4) is 0 Å². The van der Waals surface area contributed by atoms with E-state index in [4.69, 9.17) is 10.00 Å². The van der Waals surface area contributed by atoms with Gasteiger partial charge in [0.15, 0.2) is 0 Å². The second-order valence-corrected chi connectivity index (χ2v) is 5.34. The Morgan fingerprint density at radius 3 is 2.10 bits per heavy atom. The summed E-state index contributed by atoms with van der Waals surface area (Å²) < 4.78 is 5.66. The lowest BCUT2D eigenvalue weighted by molar-refractivity contribution is 0.116. The van der Waals surface area contributed by atoms with Crippen molar-refractivity contribution in [2.24, 2.45) is 0 Å². The zero-order valence-electron chi connectivity index (χ0n) is 12.7. The Bertz CT molecular complexity index is 377. The monoisotopic (exact) mass is 273 g/mol. The zero-order valence-corrected chi connectivity index (χ0v) is 12.7. The molecule has 0 bridgehead atoms. The van der Waals surface area contributed by atoms with Crippen LogP contribution in [-0.4, -0.2) is 6.61 Å². The molecule has 0 fully saturated rings. The predicted octanol–water partition coefficient (Wildman–Crippen LogP) is 5.22. The first kappa shape index (κ1) is 16.7. The van der Waals surface area contributed by atoms with Gasteiger partial charge in [0.1, 0.15) is 0 Å². The minimum absolute atomic E-state index is 0.655. The molecule has 0 saturated heterocycles. The quantitative estimate of drug-likeness (QED) is 0.518. The molecule has 0 heterocycles. The third-order valence-corrected chi connectivity index (χ3v) is 3.49. The Morgan fingerprint density at radius 1 is 0.900 bits per heavy atom. The highest BCUT2D eigenvalue weighted by molar-refractivity contribution is 5.31. The van der Waals surface area contributed by atoms with E-state index in [1.165, 1.54) is 44.9 Å². The number of benzene rings is 1. The molecule has 0 amide bonds. The van der Waals surface area contributed by atoms with Crippen LogP contribution in [-0.2, 0) is 11.3 Å². The molecule has 0 radical (unpaired) electrons. The van der Waals surface area contributed by atoms with Crippen LogP contribution in [0.15, 0.2) is 24.3 Å². The fraction of sp³-hybridized carbons (Fsp3) is 0.611. The van der Waals surface area contributed by atoms with E-state index in [1.54, 1.807) is 0 Å². The van der Waals surface area contributed by atoms with Gasteiger partial charge in [-0.3, -0.25) is 0 Å². The standard InChI is InChI=1S/C18H27NO/c1-2-3-4-5-6-7-8-9-14-20-16-18-12-10-17(15-19)11-13-18/h10-13H,2-9,14,16H2,1H3. The number of rotatable bonds is 11. The van der Waals surface area contributed by atoms with Gasteiger partial charge in [-0.15, -0.1) is 0 Å². The Labute approximate surface area is 123 Å². The fourth-order valence-corrected chi connectivity index (χ4v) is 2.20. The summed E-state index contributed by atoms with van der Waals surface area (Å²) in [5.41, 5.74) is 1.85. The molecule has 2 heteroatoms. The summed E-state index contributed by atoms with van der Waals surface area (Å²) in [6.07, 6.45) is 10.6. The topological polar surface area (TPSA) is 33.0 Å². The third-order valence-electron chi connectivity index (χ3n) is 3.49. The summed E-state index contributed by atoms with van der Waals surface area (Å²) in [5.74, 6) is 0. The van der Waals surface area contributed by atoms with Gasteiger partial charge in [-0.05, 0) is 24.1 Å². The first-order valence-electron chi connectivity index (χ1n) is 7.93. The molecule has 1 rings (SSSR count). The van der Waals surface area contributed by atoms with Gasteiger partial charge in [-0.2, -0.15) is 5.26 Å². The van der Waals surface area contributed by atoms with Gasteiger partial charge >= 0.3 is 0 Å². The Balaban J connectivity index is 1.93. The number of nitriles is 1. The summed E-state index contributed by atoms with van der Waals surface area (Å²) in [7, 11) is 0. The minimum atomic E-state index is 0.655. The van der Waals surface area contributed by atoms with Crippen molar-refractivity contribution in [1.82, 2.24) is 0 Å². The van der Waals surface area contributed by atoms with Crippen molar-refractivity contribution in [3.05, 3.63) is 35.4 Å². The van der Waals surface area contributed by atoms with E-state index < -0.39 is 0 Å². The van der Waals surface area contributed by atoms with Gasteiger partial charge in [-0.25, -0.2) is 0 Å². The summed E-state index contributed by atoms with van der Waals surface area (Å²) in [4.78, 5) is 0. The number of hydrogen-bond donors (Lipinski definition) is 0. The van der Waals surface area contributed by atoms with Crippen LogP contribution in [0.5, 0.6) is 0 Å². The van der Waals surface area contributed by atoms with Crippen LogP contribution in [0.4, 0.5) is 0 Å². The minimum Gasteiger partial charge on any atom is -0.377 e. The smallest absolute Gasteiger partial charge is 0.0991 e. The SMILES string of the molecule is CCCCCCCCCCOCc1ccc(C#N)cc1. The molecule has 0 saturated carbocycles. The maximum absolute atomic E-state index is 8.71. The van der Waals surface area contributed by atoms with Gasteiger partial charge in [0.05, 0.1) is 18.2 Å². The van der Waals surface area contributed by atoms with Crippen LogP contribution in [0.25, 0.3) is 0 Å². The molecule has 0 aromatic heterocycles. The van der Waals surface area contributed by atoms with E-state index in [0.29, 0.717) is 12.2 Å². The number of unbranched alkanes of at least 4 members (excludes halogenated alkanes) is 7. The molecule has 0 aliphatic carbocycles. The third kappa shape index (κ3) is 7.96. The van der Waals surface area contributed by atoms with Crippen molar-refractivity contribution in [1.29, 1.82) is 5.26 Å². The summed E-state index contributed by atoms with van der Waals surface area (Å²) in [6, 6.07) is 9.74. The van der Waals surface area contributed by atoms with E-state index in [-0.39, 0.29) is 0 Å². The number of nitrogens with zero attached hydrogens (tertiary/aromatic N) is 1. The molecule has 0 atom stereocenters. The normalized spacial score (nSPS) is 10.4. The van der Waals surface area contributed by atoms with Crippen LogP contribution in [0, 0.1) is 11.3 Å². The molecular weight excluding hydrogens is 246 g/mol. The lowest BCUT2D eigenvalue weighted by Crippen LogP contribution is -1.95. The van der Waals surface area contributed by atoms with Crippen molar-refractivity contribution in [2.45, 2.75) is 64.9 Å². The van der Waals surface area contributed by atoms with Crippen LogP contribution in [0.1, 0.15) is 69.4 Å². The first-order valence-corrected chi connectivity index (χ1v) is 7.93. The van der Waals surface area contributed by atoms with Gasteiger partial charge < -0.3 is 4.74 Å². The van der Waals surface area contributed by atoms with Gasteiger partial charge in [0.2, 0.25) is 0 Å². The first-order chi connectivity index (χ1) is 9.86. The average Bonchev–Trinajstić information content (AvgIpc) is 2.50. The highest BCUT2D eigenvalue weighted by Crippen LogP contribution is 2.09.